The number of fused-ring (bicyclic) bond motifs is 9. The molecule has 0 aliphatic rings. The van der Waals surface area contributed by atoms with E-state index in [1.807, 2.05) is 73.6 Å². The van der Waals surface area contributed by atoms with E-state index in [1.165, 1.54) is 0 Å². The molecule has 0 N–H and O–H groups in total. The van der Waals surface area contributed by atoms with Crippen LogP contribution < -0.4 is 0 Å². The Kier molecular flexibility index (Phi) is 8.50. The van der Waals surface area contributed by atoms with Crippen LogP contribution in [-0.2, 0) is 0 Å². The molecule has 18 heteroatoms. The van der Waals surface area contributed by atoms with E-state index < -0.39 is 0 Å². The van der Waals surface area contributed by atoms with Crippen LogP contribution in [0.15, 0.2) is 148 Å². The maximum atomic E-state index is 10.1. The molecule has 0 aliphatic carbocycles. The third-order valence-electron chi connectivity index (χ3n) is 12.3. The molecule has 18 nitrogen and oxygen atoms in total. The van der Waals surface area contributed by atoms with Gasteiger partial charge in [0.2, 0.25) is 11.6 Å². The summed E-state index contributed by atoms with van der Waals surface area (Å²) in [5.74, 6) is -0.105. The normalized spacial score (nSPS) is 11.4. The maximum absolute atomic E-state index is 10.1. The molecule has 0 saturated heterocycles. The third kappa shape index (κ3) is 5.69. The first-order valence-electron chi connectivity index (χ1n) is 21.1. The summed E-state index contributed by atoms with van der Waals surface area (Å²) in [5.41, 5.74) is 9.85. The van der Waals surface area contributed by atoms with Crippen LogP contribution in [0.25, 0.3) is 121 Å². The van der Waals surface area contributed by atoms with E-state index in [2.05, 4.69) is 90.5 Å². The van der Waals surface area contributed by atoms with Crippen molar-refractivity contribution in [1.29, 1.82) is 10.5 Å². The van der Waals surface area contributed by atoms with Crippen LogP contribution in [0.3, 0.4) is 0 Å². The van der Waals surface area contributed by atoms with Crippen molar-refractivity contribution in [2.24, 2.45) is 0 Å². The number of hydrogen-bond acceptors (Lipinski definition) is 14. The van der Waals surface area contributed by atoms with Crippen molar-refractivity contribution in [2.45, 2.75) is 0 Å². The Balaban J connectivity index is 1.42. The molecule has 0 aliphatic heterocycles. The van der Waals surface area contributed by atoms with E-state index in [4.69, 9.17) is 6.57 Å². The molecule has 0 spiro atoms. The van der Waals surface area contributed by atoms with E-state index >= 15 is 0 Å². The topological polar surface area (TPSA) is 221 Å². The Bertz CT molecular complexity index is 3770. The molecule has 13 aromatic rings. The average molecular weight is 889 g/mol. The largest absolute Gasteiger partial charge is 0.394 e. The molecule has 12 heterocycles. The number of benzene rings is 1. The predicted molar refractivity (Wildman–Crippen MR) is 255 cm³/mol. The molecule has 13 rings (SSSR count). The molecule has 12 aromatic heterocycles. The SMILES string of the molecule is [C-]#[N+]c1ncc(-c2c(-n3c4ccncc4c4cnccc43)c(-c3cnc(C#N)nc3)c(-n3c4ccncc4c4cnccc43)c(-c3cnc(C#N)nc3)c2-n2c3ccncc3c3cnccc32)cn1. The fourth-order valence-corrected chi connectivity index (χ4v) is 9.59. The smallest absolute Gasteiger partial charge is 0.371 e. The lowest BCUT2D eigenvalue weighted by Gasteiger charge is -2.30. The number of pyridine rings is 6. The van der Waals surface area contributed by atoms with Gasteiger partial charge in [0.05, 0.1) is 68.1 Å². The van der Waals surface area contributed by atoms with Gasteiger partial charge in [0.1, 0.15) is 12.1 Å². The minimum Gasteiger partial charge on any atom is -0.394 e. The van der Waals surface area contributed by atoms with E-state index in [1.54, 1.807) is 74.4 Å². The summed E-state index contributed by atoms with van der Waals surface area (Å²) in [5, 5.41) is 25.1. The summed E-state index contributed by atoms with van der Waals surface area (Å²) >= 11 is 0. The van der Waals surface area contributed by atoms with Crippen LogP contribution >= 0.6 is 0 Å². The molecule has 1 aromatic carbocycles. The van der Waals surface area contributed by atoms with E-state index in [0.717, 1.165) is 65.4 Å². The van der Waals surface area contributed by atoms with Crippen LogP contribution in [0.2, 0.25) is 0 Å². The fraction of sp³-hybridized carbons (Fsp3) is 0. The Morgan fingerprint density at radius 1 is 0.362 bits per heavy atom. The highest BCUT2D eigenvalue weighted by Crippen LogP contribution is 2.54. The molecule has 69 heavy (non-hydrogen) atoms. The van der Waals surface area contributed by atoms with Gasteiger partial charge in [-0.2, -0.15) is 20.5 Å². The number of hydrogen-bond donors (Lipinski definition) is 0. The fourth-order valence-electron chi connectivity index (χ4n) is 9.59. The predicted octanol–water partition coefficient (Wildman–Crippen LogP) is 9.01. The summed E-state index contributed by atoms with van der Waals surface area (Å²) in [4.78, 5) is 58.7. The average Bonchev–Trinajstić information content (AvgIpc) is 4.06. The second kappa shape index (κ2) is 15.2. The van der Waals surface area contributed by atoms with Gasteiger partial charge >= 0.3 is 5.95 Å². The van der Waals surface area contributed by atoms with Gasteiger partial charge in [-0.15, -0.1) is 6.57 Å². The molecule has 0 fully saturated rings. The first kappa shape index (κ1) is 38.7. The van der Waals surface area contributed by atoms with Crippen LogP contribution in [0.1, 0.15) is 11.6 Å². The molecule has 0 radical (unpaired) electrons. The Morgan fingerprint density at radius 2 is 0.609 bits per heavy atom. The number of nitrogens with zero attached hydrogens (tertiary/aromatic N) is 18. The summed E-state index contributed by atoms with van der Waals surface area (Å²) in [6, 6.07) is 15.9. The summed E-state index contributed by atoms with van der Waals surface area (Å²) in [6.45, 7) is 7.87. The maximum Gasteiger partial charge on any atom is 0.371 e. The van der Waals surface area contributed by atoms with E-state index in [-0.39, 0.29) is 17.6 Å². The molecule has 0 atom stereocenters. The zero-order chi connectivity index (χ0) is 46.2. The zero-order valence-corrected chi connectivity index (χ0v) is 35.4. The second-order valence-electron chi connectivity index (χ2n) is 15.7. The van der Waals surface area contributed by atoms with Crippen LogP contribution in [0.5, 0.6) is 0 Å². The van der Waals surface area contributed by atoms with Gasteiger partial charge in [0.15, 0.2) is 0 Å². The van der Waals surface area contributed by atoms with Crippen molar-refractivity contribution in [3.05, 3.63) is 171 Å². The molecular weight excluding hydrogens is 865 g/mol. The van der Waals surface area contributed by atoms with Crippen molar-refractivity contribution in [3.8, 4) is 62.6 Å². The van der Waals surface area contributed by atoms with Crippen molar-refractivity contribution in [3.63, 3.8) is 0 Å². The lowest BCUT2D eigenvalue weighted by molar-refractivity contribution is 1.07. The standard InChI is InChI=1S/C51H24N18/c1-54-51-65-20-30(21-66-51)47-49(68-39-4-10-57-24-33(39)34-25-58-11-5-40(34)68)45(28-16-61-43(14-52)62-17-28)48(67-37-2-8-55-22-31(37)32-23-56-9-3-38(32)67)46(29-18-63-44(15-53)64-19-29)50(47)69-41-6-12-59-26-35(41)36-27-60-13-7-42(36)69/h2-13,16-27H. The highest BCUT2D eigenvalue weighted by atomic mass is 15.1. The lowest BCUT2D eigenvalue weighted by Crippen LogP contribution is -2.14. The summed E-state index contributed by atoms with van der Waals surface area (Å²) < 4.78 is 6.50. The first-order valence-corrected chi connectivity index (χ1v) is 21.1. The van der Waals surface area contributed by atoms with Crippen molar-refractivity contribution in [2.75, 3.05) is 0 Å². The Hall–Kier alpha value is -10.8. The highest BCUT2D eigenvalue weighted by molar-refractivity contribution is 6.17. The third-order valence-corrected chi connectivity index (χ3v) is 12.3. The molecule has 0 saturated carbocycles. The van der Waals surface area contributed by atoms with E-state index in [0.29, 0.717) is 50.4 Å². The van der Waals surface area contributed by atoms with Crippen molar-refractivity contribution in [1.82, 2.24) is 73.5 Å². The molecular formula is C51H24N18. The number of aromatic nitrogens is 15. The van der Waals surface area contributed by atoms with Gasteiger partial charge in [0.25, 0.3) is 0 Å². The van der Waals surface area contributed by atoms with Crippen LogP contribution in [0.4, 0.5) is 5.95 Å². The molecule has 318 valence electrons. The number of rotatable bonds is 6. The van der Waals surface area contributed by atoms with Crippen LogP contribution in [0, 0.1) is 29.2 Å². The Morgan fingerprint density at radius 3 is 0.841 bits per heavy atom. The summed E-state index contributed by atoms with van der Waals surface area (Å²) in [6.07, 6.45) is 31.2. The zero-order valence-electron chi connectivity index (χ0n) is 35.4. The van der Waals surface area contributed by atoms with Gasteiger partial charge in [-0.05, 0) is 36.4 Å². The molecule has 0 unspecified atom stereocenters. The van der Waals surface area contributed by atoms with Gasteiger partial charge in [-0.25, -0.2) is 19.9 Å². The first-order chi connectivity index (χ1) is 34.1. The number of nitriles is 2. The van der Waals surface area contributed by atoms with Crippen LogP contribution in [-0.4, -0.2) is 73.5 Å². The molecule has 0 bridgehead atoms. The van der Waals surface area contributed by atoms with E-state index in [9.17, 15) is 10.5 Å². The van der Waals surface area contributed by atoms with Gasteiger partial charge in [-0.1, -0.05) is 0 Å². The lowest BCUT2D eigenvalue weighted by atomic mass is 9.87. The molecule has 0 amide bonds. The quantitative estimate of drug-likeness (QED) is 0.142. The van der Waals surface area contributed by atoms with Gasteiger partial charge < -0.3 is 18.5 Å². The van der Waals surface area contributed by atoms with Crippen molar-refractivity contribution >= 4 is 71.4 Å². The van der Waals surface area contributed by atoms with Gasteiger partial charge in [-0.3, -0.25) is 29.9 Å². The minimum atomic E-state index is -0.0459. The highest BCUT2D eigenvalue weighted by Gasteiger charge is 2.35. The monoisotopic (exact) mass is 888 g/mol. The second-order valence-corrected chi connectivity index (χ2v) is 15.7. The Labute approximate surface area is 387 Å². The summed E-state index contributed by atoms with van der Waals surface area (Å²) in [7, 11) is 0. The van der Waals surface area contributed by atoms with Gasteiger partial charge in [0, 0.05) is 159 Å². The minimum absolute atomic E-state index is 0.0296. The van der Waals surface area contributed by atoms with Crippen molar-refractivity contribution < 1.29 is 0 Å².